The van der Waals surface area contributed by atoms with Gasteiger partial charge in [0, 0.05) is 6.92 Å². The Kier molecular flexibility index (Phi) is 4.89. The molecule has 1 aliphatic rings. The highest BCUT2D eigenvalue weighted by Crippen LogP contribution is 2.22. The lowest BCUT2D eigenvalue weighted by molar-refractivity contribution is 0.102. The maximum Gasteiger partial charge on any atom is 0.171 e. The number of aromatic nitrogens is 1. The summed E-state index contributed by atoms with van der Waals surface area (Å²) in [5.74, 6) is 0.159. The number of Topliss-reactive ketones (excluding diaryl/α,β-unsaturated/α-hetero) is 1. The Labute approximate surface area is 113 Å². The Bertz CT molecular complexity index is 406. The largest absolute Gasteiger partial charge is 0.297 e. The molecule has 0 amide bonds. The lowest BCUT2D eigenvalue weighted by Gasteiger charge is -2.17. The van der Waals surface area contributed by atoms with E-state index in [4.69, 9.17) is 0 Å². The fraction of sp³-hybridized carbons (Fsp3) is 0.714. The van der Waals surface area contributed by atoms with Gasteiger partial charge in [-0.05, 0) is 32.4 Å². The Morgan fingerprint density at radius 2 is 1.94 bits per heavy atom. The summed E-state index contributed by atoms with van der Waals surface area (Å²) in [7, 11) is 0. The molecular formula is C14H22N2OS. The molecule has 1 aromatic rings. The second-order valence-corrected chi connectivity index (χ2v) is 6.07. The maximum absolute atomic E-state index is 11.5. The summed E-state index contributed by atoms with van der Waals surface area (Å²) in [6, 6.07) is 0. The Hall–Kier alpha value is -0.740. The van der Waals surface area contributed by atoms with Gasteiger partial charge in [-0.2, -0.15) is 0 Å². The molecule has 1 fully saturated rings. The third kappa shape index (κ3) is 3.39. The number of aryl methyl sites for hydroxylation is 1. The Balaban J connectivity index is 2.06. The van der Waals surface area contributed by atoms with Crippen molar-refractivity contribution >= 4 is 17.1 Å². The molecule has 18 heavy (non-hydrogen) atoms. The summed E-state index contributed by atoms with van der Waals surface area (Å²) in [5.41, 5.74) is 0.984. The number of likely N-dealkylation sites (tertiary alicyclic amines) is 1. The SMILES string of the molecule is CCc1nc(CN2CCCCCC2)sc1C(C)=O. The van der Waals surface area contributed by atoms with Crippen LogP contribution in [0.5, 0.6) is 0 Å². The van der Waals surface area contributed by atoms with Gasteiger partial charge in [0.25, 0.3) is 0 Å². The number of nitrogens with zero attached hydrogens (tertiary/aromatic N) is 2. The number of hydrogen-bond donors (Lipinski definition) is 0. The van der Waals surface area contributed by atoms with Gasteiger partial charge in [-0.15, -0.1) is 11.3 Å². The molecule has 0 unspecified atom stereocenters. The average Bonchev–Trinajstić information content (AvgIpc) is 2.58. The van der Waals surface area contributed by atoms with Gasteiger partial charge in [0.15, 0.2) is 5.78 Å². The summed E-state index contributed by atoms with van der Waals surface area (Å²) in [6.45, 7) is 6.98. The van der Waals surface area contributed by atoms with E-state index in [1.54, 1.807) is 18.3 Å². The first-order valence-electron chi connectivity index (χ1n) is 6.92. The van der Waals surface area contributed by atoms with Gasteiger partial charge in [0.05, 0.1) is 17.1 Å². The van der Waals surface area contributed by atoms with Gasteiger partial charge in [-0.25, -0.2) is 4.98 Å². The van der Waals surface area contributed by atoms with Crippen LogP contribution in [-0.4, -0.2) is 28.8 Å². The fourth-order valence-electron chi connectivity index (χ4n) is 2.47. The molecule has 0 spiro atoms. The van der Waals surface area contributed by atoms with Crippen LogP contribution >= 0.6 is 11.3 Å². The minimum Gasteiger partial charge on any atom is -0.297 e. The highest BCUT2D eigenvalue weighted by Gasteiger charge is 2.16. The van der Waals surface area contributed by atoms with E-state index >= 15 is 0 Å². The second kappa shape index (κ2) is 6.43. The molecule has 1 aliphatic heterocycles. The van der Waals surface area contributed by atoms with Gasteiger partial charge < -0.3 is 0 Å². The zero-order valence-electron chi connectivity index (χ0n) is 11.4. The maximum atomic E-state index is 11.5. The van der Waals surface area contributed by atoms with Crippen molar-refractivity contribution in [3.63, 3.8) is 0 Å². The number of hydrogen-bond acceptors (Lipinski definition) is 4. The summed E-state index contributed by atoms with van der Waals surface area (Å²) in [4.78, 5) is 19.5. The zero-order chi connectivity index (χ0) is 13.0. The van der Waals surface area contributed by atoms with Crippen LogP contribution in [0.1, 0.15) is 59.9 Å². The van der Waals surface area contributed by atoms with Gasteiger partial charge in [0.1, 0.15) is 5.01 Å². The van der Waals surface area contributed by atoms with E-state index in [9.17, 15) is 4.79 Å². The fourth-order valence-corrected chi connectivity index (χ4v) is 3.56. The van der Waals surface area contributed by atoms with Crippen LogP contribution in [0.4, 0.5) is 0 Å². The summed E-state index contributed by atoms with van der Waals surface area (Å²) in [5, 5.41) is 1.11. The van der Waals surface area contributed by atoms with Crippen LogP contribution in [0.25, 0.3) is 0 Å². The first-order valence-corrected chi connectivity index (χ1v) is 7.74. The summed E-state index contributed by atoms with van der Waals surface area (Å²) >= 11 is 1.59. The highest BCUT2D eigenvalue weighted by atomic mass is 32.1. The predicted molar refractivity (Wildman–Crippen MR) is 75.2 cm³/mol. The molecule has 2 heterocycles. The van der Waals surface area contributed by atoms with E-state index in [0.29, 0.717) is 0 Å². The third-order valence-corrected chi connectivity index (χ3v) is 4.64. The van der Waals surface area contributed by atoms with Crippen LogP contribution in [-0.2, 0) is 13.0 Å². The molecule has 0 atom stereocenters. The lowest BCUT2D eigenvalue weighted by Crippen LogP contribution is -2.23. The van der Waals surface area contributed by atoms with Gasteiger partial charge >= 0.3 is 0 Å². The molecule has 2 rings (SSSR count). The van der Waals surface area contributed by atoms with Crippen molar-refractivity contribution in [3.05, 3.63) is 15.6 Å². The molecule has 0 saturated carbocycles. The first kappa shape index (κ1) is 13.7. The van der Waals surface area contributed by atoms with E-state index in [0.717, 1.165) is 28.5 Å². The quantitative estimate of drug-likeness (QED) is 0.784. The topological polar surface area (TPSA) is 33.2 Å². The van der Waals surface area contributed by atoms with Crippen molar-refractivity contribution in [2.75, 3.05) is 13.1 Å². The molecule has 0 aromatic carbocycles. The third-order valence-electron chi connectivity index (χ3n) is 3.45. The Morgan fingerprint density at radius 1 is 1.28 bits per heavy atom. The number of carbonyl (C=O) groups excluding carboxylic acids is 1. The average molecular weight is 266 g/mol. The monoisotopic (exact) mass is 266 g/mol. The van der Waals surface area contributed by atoms with E-state index in [2.05, 4.69) is 16.8 Å². The van der Waals surface area contributed by atoms with Crippen molar-refractivity contribution < 1.29 is 4.79 Å². The zero-order valence-corrected chi connectivity index (χ0v) is 12.2. The molecule has 0 radical (unpaired) electrons. The van der Waals surface area contributed by atoms with Crippen LogP contribution in [0.3, 0.4) is 0 Å². The molecule has 1 saturated heterocycles. The first-order chi connectivity index (χ1) is 8.70. The number of thiazole rings is 1. The van der Waals surface area contributed by atoms with Crippen molar-refractivity contribution in [1.82, 2.24) is 9.88 Å². The highest BCUT2D eigenvalue weighted by molar-refractivity contribution is 7.13. The van der Waals surface area contributed by atoms with E-state index in [1.165, 1.54) is 38.8 Å². The molecule has 100 valence electrons. The summed E-state index contributed by atoms with van der Waals surface area (Å²) < 4.78 is 0. The molecule has 0 bridgehead atoms. The van der Waals surface area contributed by atoms with Gasteiger partial charge in [0.2, 0.25) is 0 Å². The van der Waals surface area contributed by atoms with Crippen molar-refractivity contribution in [2.45, 2.75) is 52.5 Å². The molecule has 0 N–H and O–H groups in total. The second-order valence-electron chi connectivity index (χ2n) is 4.98. The van der Waals surface area contributed by atoms with E-state index < -0.39 is 0 Å². The van der Waals surface area contributed by atoms with Crippen molar-refractivity contribution in [3.8, 4) is 0 Å². The normalized spacial score (nSPS) is 17.7. The summed E-state index contributed by atoms with van der Waals surface area (Å²) in [6.07, 6.45) is 6.16. The van der Waals surface area contributed by atoms with Crippen LogP contribution < -0.4 is 0 Å². The molecule has 0 aliphatic carbocycles. The van der Waals surface area contributed by atoms with Gasteiger partial charge in [-0.3, -0.25) is 9.69 Å². The molecule has 3 nitrogen and oxygen atoms in total. The van der Waals surface area contributed by atoms with Gasteiger partial charge in [-0.1, -0.05) is 19.8 Å². The standard InChI is InChI=1S/C14H22N2OS/c1-3-12-14(11(2)17)18-13(15-12)10-16-8-6-4-5-7-9-16/h3-10H2,1-2H3. The van der Waals surface area contributed by atoms with Crippen molar-refractivity contribution in [2.24, 2.45) is 0 Å². The van der Waals surface area contributed by atoms with E-state index in [-0.39, 0.29) is 5.78 Å². The van der Waals surface area contributed by atoms with E-state index in [1.807, 2.05) is 0 Å². The molecule has 4 heteroatoms. The predicted octanol–water partition coefficient (Wildman–Crippen LogP) is 3.28. The minimum absolute atomic E-state index is 0.159. The van der Waals surface area contributed by atoms with Crippen molar-refractivity contribution in [1.29, 1.82) is 0 Å². The van der Waals surface area contributed by atoms with Crippen LogP contribution in [0.2, 0.25) is 0 Å². The minimum atomic E-state index is 0.159. The Morgan fingerprint density at radius 3 is 2.44 bits per heavy atom. The lowest BCUT2D eigenvalue weighted by atomic mass is 10.2. The number of rotatable bonds is 4. The number of ketones is 1. The molecule has 1 aromatic heterocycles. The van der Waals surface area contributed by atoms with Crippen LogP contribution in [0.15, 0.2) is 0 Å². The molecular weight excluding hydrogens is 244 g/mol. The smallest absolute Gasteiger partial charge is 0.171 e. The van der Waals surface area contributed by atoms with Crippen LogP contribution in [0, 0.1) is 0 Å². The number of carbonyl (C=O) groups is 1.